The third-order valence-corrected chi connectivity index (χ3v) is 12.7. The zero-order valence-corrected chi connectivity index (χ0v) is 25.4. The minimum absolute atomic E-state index is 0.105. The van der Waals surface area contributed by atoms with Crippen molar-refractivity contribution in [2.45, 2.75) is 117 Å². The lowest BCUT2D eigenvalue weighted by Crippen LogP contribution is -2.62. The van der Waals surface area contributed by atoms with E-state index in [4.69, 9.17) is 9.47 Å². The van der Waals surface area contributed by atoms with Gasteiger partial charge >= 0.3 is 5.97 Å². The van der Waals surface area contributed by atoms with E-state index < -0.39 is 17.2 Å². The van der Waals surface area contributed by atoms with Gasteiger partial charge in [-0.2, -0.15) is 0 Å². The molecule has 4 aliphatic carbocycles. The van der Waals surface area contributed by atoms with Gasteiger partial charge in [-0.25, -0.2) is 0 Å². The summed E-state index contributed by atoms with van der Waals surface area (Å²) < 4.78 is 12.4. The molecule has 0 spiro atoms. The van der Waals surface area contributed by atoms with E-state index in [1.807, 2.05) is 27.7 Å². The normalized spacial score (nSPS) is 42.5. The van der Waals surface area contributed by atoms with Gasteiger partial charge in [0, 0.05) is 24.2 Å². The van der Waals surface area contributed by atoms with Crippen LogP contribution >= 0.6 is 0 Å². The van der Waals surface area contributed by atoms with E-state index in [1.54, 1.807) is 0 Å². The minimum Gasteiger partial charge on any atom is -0.481 e. The summed E-state index contributed by atoms with van der Waals surface area (Å²) in [6.45, 7) is 17.1. The van der Waals surface area contributed by atoms with Gasteiger partial charge < -0.3 is 14.6 Å². The number of carbonyl (C=O) groups is 1. The first-order chi connectivity index (χ1) is 18.4. The summed E-state index contributed by atoms with van der Waals surface area (Å²) in [6, 6.07) is 2.12. The number of rotatable bonds is 3. The predicted molar refractivity (Wildman–Crippen MR) is 152 cm³/mol. The Morgan fingerprint density at radius 1 is 1.02 bits per heavy atom. The van der Waals surface area contributed by atoms with Crippen molar-refractivity contribution in [2.75, 3.05) is 6.54 Å². The van der Waals surface area contributed by atoms with Crippen molar-refractivity contribution in [2.24, 2.45) is 27.6 Å². The fourth-order valence-corrected chi connectivity index (χ4v) is 10.1. The maximum atomic E-state index is 12.4. The smallest absolute Gasteiger partial charge is 0.309 e. The first-order valence-corrected chi connectivity index (χ1v) is 15.0. The van der Waals surface area contributed by atoms with Crippen LogP contribution in [0.25, 0.3) is 0 Å². The first-order valence-electron chi connectivity index (χ1n) is 15.0. The zero-order valence-electron chi connectivity index (χ0n) is 25.4. The van der Waals surface area contributed by atoms with Gasteiger partial charge in [0.05, 0.1) is 11.3 Å². The maximum Gasteiger partial charge on any atom is 0.309 e. The highest BCUT2D eigenvalue weighted by Crippen LogP contribution is 2.75. The molecule has 1 N–H and O–H groups in total. The number of carboxylic acid groups (broad SMARTS) is 1. The summed E-state index contributed by atoms with van der Waals surface area (Å²) in [6.07, 6.45) is 8.58. The van der Waals surface area contributed by atoms with Crippen LogP contribution in [0, 0.1) is 44.6 Å². The van der Waals surface area contributed by atoms with Gasteiger partial charge in [-0.05, 0) is 104 Å². The SMILES string of the molecule is Cc1c2c(cc3c1[C@H](C[N+](=O)[O-])C=C1[C@@]3(C)CC[C@@]3(C)[C@@H]4C[C@](C)(C(=O)O)CC[C@]4(C)CC[C@]13C)OC(C)(C)O2. The maximum absolute atomic E-state index is 12.4. The topological polar surface area (TPSA) is 98.9 Å². The standard InChI is InChI=1S/C33H45NO6/c1-19-25-20(18-34(37)38)15-23-31(6,21(25)16-22-26(19)40-28(2,3)39-22)12-14-33(8)24-17-30(5,27(35)36)10-9-29(24,4)11-13-32(23,33)7/h15-16,20,24H,9-14,17-18H2,1-8H3,(H,35,36)/t20-,24+,29+,30+,31-,32+,33-/m0/s1. The van der Waals surface area contributed by atoms with Crippen LogP contribution in [-0.2, 0) is 10.2 Å². The van der Waals surface area contributed by atoms with E-state index in [2.05, 4.69) is 39.8 Å². The molecule has 0 saturated heterocycles. The molecule has 5 aliphatic rings. The third-order valence-electron chi connectivity index (χ3n) is 12.7. The summed E-state index contributed by atoms with van der Waals surface area (Å²) >= 11 is 0. The van der Waals surface area contributed by atoms with E-state index >= 15 is 0 Å². The number of nitrogens with zero attached hydrogens (tertiary/aromatic N) is 1. The van der Waals surface area contributed by atoms with Crippen molar-refractivity contribution in [3.8, 4) is 11.5 Å². The Labute approximate surface area is 237 Å². The molecular formula is C33H45NO6. The summed E-state index contributed by atoms with van der Waals surface area (Å²) in [5, 5.41) is 22.2. The van der Waals surface area contributed by atoms with Crippen LogP contribution in [0.1, 0.15) is 116 Å². The number of aliphatic carboxylic acids is 1. The number of allylic oxidation sites excluding steroid dienone is 1. The van der Waals surface area contributed by atoms with Crippen LogP contribution in [0.3, 0.4) is 0 Å². The van der Waals surface area contributed by atoms with Crippen molar-refractivity contribution < 1.29 is 24.3 Å². The van der Waals surface area contributed by atoms with Crippen LogP contribution in [-0.4, -0.2) is 28.3 Å². The molecule has 7 nitrogen and oxygen atoms in total. The molecule has 1 aliphatic heterocycles. The minimum atomic E-state index is -0.782. The molecule has 0 unspecified atom stereocenters. The molecule has 3 fully saturated rings. The lowest BCUT2D eigenvalue weighted by atomic mass is 9.34. The Morgan fingerprint density at radius 3 is 2.35 bits per heavy atom. The van der Waals surface area contributed by atoms with E-state index in [9.17, 15) is 20.0 Å². The first kappa shape index (κ1) is 27.6. The molecule has 0 aromatic heterocycles. The fraction of sp³-hybridized carbons (Fsp3) is 0.727. The van der Waals surface area contributed by atoms with Gasteiger partial charge in [-0.15, -0.1) is 0 Å². The third kappa shape index (κ3) is 3.44. The van der Waals surface area contributed by atoms with Crippen molar-refractivity contribution >= 4 is 5.97 Å². The van der Waals surface area contributed by atoms with E-state index in [0.717, 1.165) is 61.0 Å². The molecule has 0 radical (unpaired) electrons. The molecule has 1 aromatic carbocycles. The average Bonchev–Trinajstić information content (AvgIpc) is 3.17. The lowest BCUT2D eigenvalue weighted by molar-refractivity contribution is -0.481. The van der Waals surface area contributed by atoms with Gasteiger partial charge in [0.15, 0.2) is 11.5 Å². The Morgan fingerprint density at radius 2 is 1.70 bits per heavy atom. The molecule has 1 heterocycles. The number of hydrogen-bond donors (Lipinski definition) is 1. The second kappa shape index (κ2) is 8.04. The summed E-state index contributed by atoms with van der Waals surface area (Å²) in [4.78, 5) is 24.3. The van der Waals surface area contributed by atoms with E-state index in [1.165, 1.54) is 5.57 Å². The van der Waals surface area contributed by atoms with Crippen LogP contribution < -0.4 is 9.47 Å². The number of hydrogen-bond acceptors (Lipinski definition) is 5. The molecule has 1 aromatic rings. The largest absolute Gasteiger partial charge is 0.481 e. The van der Waals surface area contributed by atoms with Gasteiger partial charge in [-0.3, -0.25) is 14.9 Å². The predicted octanol–water partition coefficient (Wildman–Crippen LogP) is 7.56. The molecule has 0 bridgehead atoms. The zero-order chi connectivity index (χ0) is 29.3. The second-order valence-electron chi connectivity index (χ2n) is 15.5. The number of fused-ring (bicyclic) bond motifs is 8. The molecule has 7 atom stereocenters. The lowest BCUT2D eigenvalue weighted by Gasteiger charge is -2.70. The number of ether oxygens (including phenoxy) is 2. The summed E-state index contributed by atoms with van der Waals surface area (Å²) in [7, 11) is 0. The second-order valence-corrected chi connectivity index (χ2v) is 15.5. The highest BCUT2D eigenvalue weighted by atomic mass is 16.7. The summed E-state index contributed by atoms with van der Waals surface area (Å²) in [5.74, 6) is -0.120. The quantitative estimate of drug-likeness (QED) is 0.236. The van der Waals surface area contributed by atoms with Crippen molar-refractivity contribution in [1.29, 1.82) is 0 Å². The molecule has 40 heavy (non-hydrogen) atoms. The molecule has 218 valence electrons. The van der Waals surface area contributed by atoms with Crippen molar-refractivity contribution in [3.63, 3.8) is 0 Å². The number of nitro groups is 1. The number of benzene rings is 1. The Kier molecular flexibility index (Phi) is 5.54. The van der Waals surface area contributed by atoms with Crippen LogP contribution in [0.2, 0.25) is 0 Å². The molecule has 6 rings (SSSR count). The molecule has 0 amide bonds. The Balaban J connectivity index is 1.52. The van der Waals surface area contributed by atoms with Gasteiger partial charge in [-0.1, -0.05) is 39.3 Å². The van der Waals surface area contributed by atoms with E-state index in [0.29, 0.717) is 12.2 Å². The molecule has 3 saturated carbocycles. The average molecular weight is 552 g/mol. The van der Waals surface area contributed by atoms with Gasteiger partial charge in [0.1, 0.15) is 0 Å². The molecular weight excluding hydrogens is 506 g/mol. The van der Waals surface area contributed by atoms with Gasteiger partial charge in [0.2, 0.25) is 12.3 Å². The Bertz CT molecular complexity index is 1360. The highest BCUT2D eigenvalue weighted by molar-refractivity contribution is 5.74. The molecule has 7 heteroatoms. The Hall–Kier alpha value is -2.57. The van der Waals surface area contributed by atoms with Crippen LogP contribution in [0.15, 0.2) is 17.7 Å². The highest BCUT2D eigenvalue weighted by Gasteiger charge is 2.67. The fourth-order valence-electron chi connectivity index (χ4n) is 10.1. The summed E-state index contributed by atoms with van der Waals surface area (Å²) in [5.41, 5.74) is 3.23. The van der Waals surface area contributed by atoms with Crippen molar-refractivity contribution in [3.05, 3.63) is 44.5 Å². The monoisotopic (exact) mass is 551 g/mol. The van der Waals surface area contributed by atoms with Crippen molar-refractivity contribution in [1.82, 2.24) is 0 Å². The van der Waals surface area contributed by atoms with Crippen LogP contribution in [0.5, 0.6) is 11.5 Å². The number of carboxylic acids is 1. The van der Waals surface area contributed by atoms with E-state index in [-0.39, 0.29) is 45.0 Å². The van der Waals surface area contributed by atoms with Gasteiger partial charge in [0.25, 0.3) is 0 Å². The van der Waals surface area contributed by atoms with Crippen LogP contribution in [0.4, 0.5) is 0 Å².